The zero-order chi connectivity index (χ0) is 41.6. The molecule has 3 atom stereocenters. The number of tetrazole rings is 1. The number of nitrogens with one attached hydrogen (secondary N) is 1. The van der Waals surface area contributed by atoms with E-state index in [4.69, 9.17) is 25.8 Å². The number of anilines is 1. The number of ether oxygens (including phenoxy) is 3. The Labute approximate surface area is 343 Å². The molecule has 0 bridgehead atoms. The van der Waals surface area contributed by atoms with E-state index in [9.17, 15) is 19.2 Å². The molecule has 58 heavy (non-hydrogen) atoms. The van der Waals surface area contributed by atoms with Crippen LogP contribution in [-0.2, 0) is 23.8 Å². The van der Waals surface area contributed by atoms with Crippen LogP contribution >= 0.6 is 11.6 Å². The Hall–Kier alpha value is -5.60. The number of aromatic nitrogens is 4. The Kier molecular flexibility index (Phi) is 13.0. The number of carbonyl (C=O) groups is 4. The smallest absolute Gasteiger partial charge is 0.410 e. The van der Waals surface area contributed by atoms with Gasteiger partial charge in [0.15, 0.2) is 0 Å². The van der Waals surface area contributed by atoms with Crippen LogP contribution in [0.25, 0.3) is 11.8 Å². The molecule has 3 unspecified atom stereocenters. The van der Waals surface area contributed by atoms with Gasteiger partial charge in [0.25, 0.3) is 0 Å². The van der Waals surface area contributed by atoms with Gasteiger partial charge in [-0.1, -0.05) is 41.9 Å². The van der Waals surface area contributed by atoms with Crippen molar-refractivity contribution in [3.8, 4) is 5.69 Å². The first kappa shape index (κ1) is 42.0. The van der Waals surface area contributed by atoms with E-state index >= 15 is 0 Å². The van der Waals surface area contributed by atoms with E-state index in [-0.39, 0.29) is 18.7 Å². The van der Waals surface area contributed by atoms with Gasteiger partial charge in [-0.05, 0) is 125 Å². The highest BCUT2D eigenvalue weighted by molar-refractivity contribution is 6.30. The number of hydrogen-bond acceptors (Lipinski definition) is 10. The monoisotopic (exact) mass is 811 g/mol. The molecule has 6 rings (SSSR count). The number of piperidine rings is 2. The van der Waals surface area contributed by atoms with Gasteiger partial charge in [-0.2, -0.15) is 4.68 Å². The van der Waals surface area contributed by atoms with Crippen molar-refractivity contribution in [1.29, 1.82) is 0 Å². The molecule has 0 radical (unpaired) electrons. The number of benzene rings is 3. The lowest BCUT2D eigenvalue weighted by atomic mass is 9.81. The largest absolute Gasteiger partial charge is 0.456 e. The van der Waals surface area contributed by atoms with E-state index in [2.05, 4.69) is 20.8 Å². The van der Waals surface area contributed by atoms with Crippen LogP contribution in [0.5, 0.6) is 0 Å². The lowest BCUT2D eigenvalue weighted by molar-refractivity contribution is -0.145. The summed E-state index contributed by atoms with van der Waals surface area (Å²) in [7, 11) is 0. The number of halogens is 1. The third-order valence-corrected chi connectivity index (χ3v) is 9.91. The van der Waals surface area contributed by atoms with Crippen LogP contribution in [0.2, 0.25) is 5.02 Å². The number of amides is 3. The summed E-state index contributed by atoms with van der Waals surface area (Å²) in [5, 5.41) is 14.9. The number of likely N-dealkylation sites (tertiary alicyclic amines) is 2. The quantitative estimate of drug-likeness (QED) is 0.137. The molecule has 15 heteroatoms. The minimum Gasteiger partial charge on any atom is -0.456 e. The molecule has 2 aliphatic heterocycles. The van der Waals surface area contributed by atoms with Gasteiger partial charge in [-0.25, -0.2) is 9.59 Å². The first-order chi connectivity index (χ1) is 27.5. The topological polar surface area (TPSA) is 158 Å². The number of nitrogens with zero attached hydrogens (tertiary/aromatic N) is 6. The number of hydrogen-bond donors (Lipinski definition) is 1. The predicted molar refractivity (Wildman–Crippen MR) is 218 cm³/mol. The Balaban J connectivity index is 1.29. The second kappa shape index (κ2) is 17.9. The number of carbonyl (C=O) groups excluding carboxylic acids is 4. The van der Waals surface area contributed by atoms with E-state index in [0.717, 1.165) is 5.56 Å². The Morgan fingerprint density at radius 1 is 0.862 bits per heavy atom. The highest BCUT2D eigenvalue weighted by Crippen LogP contribution is 2.36. The van der Waals surface area contributed by atoms with Crippen molar-refractivity contribution in [3.05, 3.63) is 107 Å². The summed E-state index contributed by atoms with van der Waals surface area (Å²) in [4.78, 5) is 57.8. The third-order valence-electron chi connectivity index (χ3n) is 9.67. The summed E-state index contributed by atoms with van der Waals surface area (Å²) in [6.07, 6.45) is 5.17. The highest BCUT2D eigenvalue weighted by Gasteiger charge is 2.44. The normalized spacial score (nSPS) is 19.2. The number of rotatable bonds is 9. The van der Waals surface area contributed by atoms with Gasteiger partial charge in [-0.15, -0.1) is 5.10 Å². The molecule has 2 saturated heterocycles. The summed E-state index contributed by atoms with van der Waals surface area (Å²) in [5.41, 5.74) is 1.58. The molecule has 14 nitrogen and oxygen atoms in total. The van der Waals surface area contributed by atoms with Crippen molar-refractivity contribution in [3.63, 3.8) is 0 Å². The summed E-state index contributed by atoms with van der Waals surface area (Å²) < 4.78 is 19.3. The van der Waals surface area contributed by atoms with Crippen molar-refractivity contribution in [1.82, 2.24) is 30.0 Å². The maximum Gasteiger partial charge on any atom is 0.410 e. The summed E-state index contributed by atoms with van der Waals surface area (Å²) in [6, 6.07) is 20.3. The molecule has 2 fully saturated rings. The summed E-state index contributed by atoms with van der Waals surface area (Å²) in [5.74, 6) is -1.75. The second-order valence-corrected chi connectivity index (χ2v) is 16.9. The average Bonchev–Trinajstić information content (AvgIpc) is 3.71. The van der Waals surface area contributed by atoms with Crippen LogP contribution in [0.1, 0.15) is 88.2 Å². The molecule has 1 N–H and O–H groups in total. The van der Waals surface area contributed by atoms with Gasteiger partial charge in [0.05, 0.1) is 23.5 Å². The van der Waals surface area contributed by atoms with Crippen molar-refractivity contribution < 1.29 is 33.4 Å². The van der Waals surface area contributed by atoms with Crippen LogP contribution in [0.15, 0.2) is 85.2 Å². The third kappa shape index (κ3) is 11.1. The molecular formula is C43H50ClN7O7. The van der Waals surface area contributed by atoms with Crippen LogP contribution < -0.4 is 5.32 Å². The van der Waals surface area contributed by atoms with Gasteiger partial charge in [-0.3, -0.25) is 9.59 Å². The molecule has 3 heterocycles. The van der Waals surface area contributed by atoms with Gasteiger partial charge in [0.1, 0.15) is 23.6 Å². The first-order valence-electron chi connectivity index (χ1n) is 19.4. The van der Waals surface area contributed by atoms with Gasteiger partial charge in [0.2, 0.25) is 11.8 Å². The maximum absolute atomic E-state index is 14.5. The molecule has 4 aromatic rings. The molecule has 2 aliphatic rings. The molecule has 0 saturated carbocycles. The van der Waals surface area contributed by atoms with Crippen molar-refractivity contribution in [2.24, 2.45) is 0 Å². The first-order valence-corrected chi connectivity index (χ1v) is 19.7. The molecule has 3 aromatic carbocycles. The fraction of sp³-hybridized carbons (Fsp3) is 0.419. The molecule has 1 aromatic heterocycles. The fourth-order valence-electron chi connectivity index (χ4n) is 7.12. The Morgan fingerprint density at radius 3 is 2.19 bits per heavy atom. The molecule has 3 amide bonds. The summed E-state index contributed by atoms with van der Waals surface area (Å²) >= 11 is 6.38. The standard InChI is InChI=1S/C43H50ClN7O7/c1-42(2,3)57-40(54)29-12-16-32(17-13-29)46-39(53)38-35(28-10-8-7-9-11-28)25-34(56-33-20-22-49(23-21-33)41(55)58-43(4,5)6)26-50(38)37(52)19-14-30-24-31(44)15-18-36(30)51-27-45-47-48-51/h7-19,24,27,33-35,38H,20-23,25-26H2,1-6H3,(H,46,53). The van der Waals surface area contributed by atoms with Crippen molar-refractivity contribution in [2.45, 2.75) is 96.2 Å². The number of esters is 1. The zero-order valence-electron chi connectivity index (χ0n) is 33.6. The van der Waals surface area contributed by atoms with Crippen LogP contribution in [0.4, 0.5) is 10.5 Å². The average molecular weight is 812 g/mol. The molecule has 0 spiro atoms. The van der Waals surface area contributed by atoms with Gasteiger partial charge >= 0.3 is 12.1 Å². The van der Waals surface area contributed by atoms with E-state index in [1.165, 1.54) is 17.1 Å². The predicted octanol–water partition coefficient (Wildman–Crippen LogP) is 7.09. The van der Waals surface area contributed by atoms with E-state index < -0.39 is 47.0 Å². The molecule has 0 aliphatic carbocycles. The molecular weight excluding hydrogens is 762 g/mol. The Morgan fingerprint density at radius 2 is 1.55 bits per heavy atom. The van der Waals surface area contributed by atoms with Crippen LogP contribution in [-0.4, -0.2) is 103 Å². The minimum absolute atomic E-state index is 0.129. The van der Waals surface area contributed by atoms with E-state index in [1.807, 2.05) is 51.1 Å². The highest BCUT2D eigenvalue weighted by atomic mass is 35.5. The van der Waals surface area contributed by atoms with Crippen LogP contribution in [0, 0.1) is 0 Å². The van der Waals surface area contributed by atoms with Crippen molar-refractivity contribution in [2.75, 3.05) is 25.0 Å². The second-order valence-electron chi connectivity index (χ2n) is 16.5. The van der Waals surface area contributed by atoms with E-state index in [1.54, 1.807) is 79.1 Å². The lowest BCUT2D eigenvalue weighted by Crippen LogP contribution is -2.58. The van der Waals surface area contributed by atoms with Gasteiger partial charge in [0, 0.05) is 47.9 Å². The zero-order valence-corrected chi connectivity index (χ0v) is 34.4. The minimum atomic E-state index is -0.947. The summed E-state index contributed by atoms with van der Waals surface area (Å²) in [6.45, 7) is 12.0. The fourth-order valence-corrected chi connectivity index (χ4v) is 7.30. The Bertz CT molecular complexity index is 2090. The SMILES string of the molecule is CC(C)(C)OC(=O)c1ccc(NC(=O)C2C(c3ccccc3)CC(OC3CCN(C(=O)OC(C)(C)C)CC3)CN2C(=O)C=Cc2cc(Cl)ccc2-n2cnnn2)cc1. The van der Waals surface area contributed by atoms with Crippen LogP contribution in [0.3, 0.4) is 0 Å². The molecule has 306 valence electrons. The van der Waals surface area contributed by atoms with E-state index in [0.29, 0.717) is 59.9 Å². The van der Waals surface area contributed by atoms with Gasteiger partial charge < -0.3 is 29.3 Å². The van der Waals surface area contributed by atoms with Crippen molar-refractivity contribution >= 4 is 47.2 Å². The maximum atomic E-state index is 14.5. The lowest BCUT2D eigenvalue weighted by Gasteiger charge is -2.45.